The third kappa shape index (κ3) is 2.50. The van der Waals surface area contributed by atoms with E-state index in [0.29, 0.717) is 10.7 Å². The molecule has 0 aliphatic heterocycles. The topological polar surface area (TPSA) is 62.0 Å². The number of halogens is 1. The fraction of sp³-hybridized carbons (Fsp3) is 0. The molecule has 4 nitrogen and oxygen atoms in total. The van der Waals surface area contributed by atoms with Gasteiger partial charge in [0.15, 0.2) is 0 Å². The minimum atomic E-state index is -3.62. The van der Waals surface area contributed by atoms with Gasteiger partial charge in [0.05, 0.1) is 10.6 Å². The lowest BCUT2D eigenvalue weighted by molar-refractivity contribution is 0.601. The maximum absolute atomic E-state index is 12.3. The first-order valence-electron chi connectivity index (χ1n) is 5.90. The average molecular weight is 307 g/mol. The Morgan fingerprint density at radius 1 is 1.05 bits per heavy atom. The quantitative estimate of drug-likeness (QED) is 0.776. The normalized spacial score (nSPS) is 11.7. The van der Waals surface area contributed by atoms with Crippen molar-refractivity contribution in [1.29, 1.82) is 0 Å². The molecule has 0 saturated heterocycles. The van der Waals surface area contributed by atoms with Crippen molar-refractivity contribution < 1.29 is 8.42 Å². The third-order valence-electron chi connectivity index (χ3n) is 2.91. The molecule has 2 N–H and O–H groups in total. The average Bonchev–Trinajstić information content (AvgIpc) is 2.85. The molecule has 0 fully saturated rings. The molecule has 1 heterocycles. The Morgan fingerprint density at radius 2 is 1.90 bits per heavy atom. The molecule has 0 amide bonds. The van der Waals surface area contributed by atoms with Gasteiger partial charge >= 0.3 is 0 Å². The number of H-pyrrole nitrogens is 1. The van der Waals surface area contributed by atoms with E-state index in [1.54, 1.807) is 48.7 Å². The number of benzene rings is 2. The zero-order valence-electron chi connectivity index (χ0n) is 10.3. The fourth-order valence-electron chi connectivity index (χ4n) is 1.96. The van der Waals surface area contributed by atoms with Crippen LogP contribution < -0.4 is 4.72 Å². The van der Waals surface area contributed by atoms with Crippen LogP contribution in [0.25, 0.3) is 10.9 Å². The predicted octanol–water partition coefficient (Wildman–Crippen LogP) is 3.62. The van der Waals surface area contributed by atoms with Gasteiger partial charge in [-0.25, -0.2) is 8.42 Å². The number of sulfonamides is 1. The first-order valence-corrected chi connectivity index (χ1v) is 7.76. The van der Waals surface area contributed by atoms with Crippen LogP contribution in [-0.2, 0) is 10.0 Å². The first kappa shape index (κ1) is 13.0. The molecule has 3 aromatic rings. The second kappa shape index (κ2) is 4.85. The van der Waals surface area contributed by atoms with Crippen molar-refractivity contribution in [3.63, 3.8) is 0 Å². The molecule has 0 atom stereocenters. The Hall–Kier alpha value is -1.98. The maximum atomic E-state index is 12.3. The highest BCUT2D eigenvalue weighted by atomic mass is 35.5. The molecule has 0 unspecified atom stereocenters. The van der Waals surface area contributed by atoms with Gasteiger partial charge in [-0.3, -0.25) is 4.72 Å². The number of anilines is 1. The lowest BCUT2D eigenvalue weighted by atomic mass is 10.2. The summed E-state index contributed by atoms with van der Waals surface area (Å²) < 4.78 is 27.1. The summed E-state index contributed by atoms with van der Waals surface area (Å²) in [6.45, 7) is 0. The summed E-state index contributed by atoms with van der Waals surface area (Å²) in [6.07, 6.45) is 1.77. The van der Waals surface area contributed by atoms with E-state index < -0.39 is 10.0 Å². The molecule has 0 aliphatic rings. The van der Waals surface area contributed by atoms with Gasteiger partial charge in [0, 0.05) is 22.1 Å². The minimum Gasteiger partial charge on any atom is -0.361 e. The summed E-state index contributed by atoms with van der Waals surface area (Å²) >= 11 is 5.84. The summed E-state index contributed by atoms with van der Waals surface area (Å²) in [7, 11) is -3.62. The van der Waals surface area contributed by atoms with E-state index in [0.717, 1.165) is 10.9 Å². The molecule has 102 valence electrons. The summed E-state index contributed by atoms with van der Waals surface area (Å²) in [5.41, 5.74) is 1.33. The monoisotopic (exact) mass is 306 g/mol. The molecule has 0 saturated carbocycles. The van der Waals surface area contributed by atoms with E-state index in [4.69, 9.17) is 11.6 Å². The number of aromatic amines is 1. The van der Waals surface area contributed by atoms with Crippen molar-refractivity contribution in [2.45, 2.75) is 4.90 Å². The van der Waals surface area contributed by atoms with Gasteiger partial charge in [-0.05, 0) is 42.5 Å². The second-order valence-corrected chi connectivity index (χ2v) is 6.46. The van der Waals surface area contributed by atoms with Gasteiger partial charge < -0.3 is 4.98 Å². The summed E-state index contributed by atoms with van der Waals surface area (Å²) in [5, 5.41) is 1.32. The first-order chi connectivity index (χ1) is 9.54. The second-order valence-electron chi connectivity index (χ2n) is 4.34. The van der Waals surface area contributed by atoms with Crippen molar-refractivity contribution in [2.75, 3.05) is 4.72 Å². The molecular weight excluding hydrogens is 296 g/mol. The predicted molar refractivity (Wildman–Crippen MR) is 80.6 cm³/mol. The van der Waals surface area contributed by atoms with E-state index in [9.17, 15) is 8.42 Å². The number of aromatic nitrogens is 1. The fourth-order valence-corrected chi connectivity index (χ4v) is 3.24. The largest absolute Gasteiger partial charge is 0.361 e. The molecule has 6 heteroatoms. The van der Waals surface area contributed by atoms with Gasteiger partial charge in [-0.15, -0.1) is 0 Å². The van der Waals surface area contributed by atoms with Crippen molar-refractivity contribution in [3.8, 4) is 0 Å². The number of hydrogen-bond acceptors (Lipinski definition) is 2. The maximum Gasteiger partial charge on any atom is 0.261 e. The standard InChI is InChI=1S/C14H11ClN2O2S/c15-11-2-1-3-12(9-11)17-20(18,19)13-4-5-14-10(8-13)6-7-16-14/h1-9,16-17H. The molecular formula is C14H11ClN2O2S. The van der Waals surface area contributed by atoms with Crippen LogP contribution in [0.5, 0.6) is 0 Å². The minimum absolute atomic E-state index is 0.213. The summed E-state index contributed by atoms with van der Waals surface area (Å²) in [4.78, 5) is 3.24. The number of rotatable bonds is 3. The van der Waals surface area contributed by atoms with Gasteiger partial charge in [-0.2, -0.15) is 0 Å². The van der Waals surface area contributed by atoms with E-state index in [1.165, 1.54) is 0 Å². The van der Waals surface area contributed by atoms with Crippen LogP contribution in [0.1, 0.15) is 0 Å². The van der Waals surface area contributed by atoms with E-state index in [1.807, 2.05) is 6.07 Å². The van der Waals surface area contributed by atoms with Crippen LogP contribution in [0.15, 0.2) is 59.6 Å². The zero-order valence-corrected chi connectivity index (χ0v) is 11.9. The molecule has 0 aliphatic carbocycles. The highest BCUT2D eigenvalue weighted by molar-refractivity contribution is 7.92. The number of nitrogens with one attached hydrogen (secondary N) is 2. The van der Waals surface area contributed by atoms with Gasteiger partial charge in [0.1, 0.15) is 0 Å². The lowest BCUT2D eigenvalue weighted by Crippen LogP contribution is -2.12. The van der Waals surface area contributed by atoms with Crippen LogP contribution in [0.4, 0.5) is 5.69 Å². The summed E-state index contributed by atoms with van der Waals surface area (Å²) in [5.74, 6) is 0. The smallest absolute Gasteiger partial charge is 0.261 e. The highest BCUT2D eigenvalue weighted by Crippen LogP contribution is 2.22. The Kier molecular flexibility index (Phi) is 3.16. The Labute approximate surface area is 121 Å². The van der Waals surface area contributed by atoms with Crippen LogP contribution in [0.3, 0.4) is 0 Å². The van der Waals surface area contributed by atoms with Crippen molar-refractivity contribution >= 4 is 38.2 Å². The van der Waals surface area contributed by atoms with Gasteiger partial charge in [0.25, 0.3) is 10.0 Å². The number of fused-ring (bicyclic) bond motifs is 1. The van der Waals surface area contributed by atoms with Crippen LogP contribution in [0.2, 0.25) is 5.02 Å². The molecule has 0 bridgehead atoms. The summed E-state index contributed by atoms with van der Waals surface area (Å²) in [6, 6.07) is 13.3. The Bertz CT molecular complexity index is 872. The highest BCUT2D eigenvalue weighted by Gasteiger charge is 2.14. The molecule has 0 spiro atoms. The van der Waals surface area contributed by atoms with Crippen molar-refractivity contribution in [2.24, 2.45) is 0 Å². The van der Waals surface area contributed by atoms with E-state index >= 15 is 0 Å². The van der Waals surface area contributed by atoms with E-state index in [-0.39, 0.29) is 4.90 Å². The Morgan fingerprint density at radius 3 is 2.70 bits per heavy atom. The van der Waals surface area contributed by atoms with Gasteiger partial charge in [-0.1, -0.05) is 17.7 Å². The molecule has 2 aromatic carbocycles. The molecule has 20 heavy (non-hydrogen) atoms. The van der Waals surface area contributed by atoms with E-state index in [2.05, 4.69) is 9.71 Å². The SMILES string of the molecule is O=S(=O)(Nc1cccc(Cl)c1)c1ccc2[nH]ccc2c1. The molecule has 3 rings (SSSR count). The lowest BCUT2D eigenvalue weighted by Gasteiger charge is -2.08. The Balaban J connectivity index is 1.98. The van der Waals surface area contributed by atoms with Gasteiger partial charge in [0.2, 0.25) is 0 Å². The van der Waals surface area contributed by atoms with Crippen LogP contribution in [0, 0.1) is 0 Å². The van der Waals surface area contributed by atoms with Crippen molar-refractivity contribution in [3.05, 3.63) is 59.8 Å². The molecule has 0 radical (unpaired) electrons. The van der Waals surface area contributed by atoms with Crippen LogP contribution in [-0.4, -0.2) is 13.4 Å². The third-order valence-corrected chi connectivity index (χ3v) is 4.53. The number of hydrogen-bond donors (Lipinski definition) is 2. The van der Waals surface area contributed by atoms with Crippen LogP contribution >= 0.6 is 11.6 Å². The zero-order chi connectivity index (χ0) is 14.2. The molecule has 1 aromatic heterocycles. The van der Waals surface area contributed by atoms with Crippen molar-refractivity contribution in [1.82, 2.24) is 4.98 Å².